The zero-order valence-electron chi connectivity index (χ0n) is 10.4. The fourth-order valence-corrected chi connectivity index (χ4v) is 2.25. The first-order chi connectivity index (χ1) is 9.26. The van der Waals surface area contributed by atoms with Gasteiger partial charge in [0.05, 0.1) is 12.1 Å². The Kier molecular flexibility index (Phi) is 4.00. The van der Waals surface area contributed by atoms with Gasteiger partial charge in [0.25, 0.3) is 0 Å². The summed E-state index contributed by atoms with van der Waals surface area (Å²) in [6.45, 7) is 0. The van der Waals surface area contributed by atoms with E-state index in [1.54, 1.807) is 12.1 Å². The predicted molar refractivity (Wildman–Crippen MR) is 70.0 cm³/mol. The maximum absolute atomic E-state index is 12.2. The van der Waals surface area contributed by atoms with Crippen molar-refractivity contribution < 1.29 is 4.79 Å². The number of urea groups is 1. The number of likely N-dealkylation sites (tertiary alicyclic amines) is 1. The maximum Gasteiger partial charge on any atom is 0.324 e. The summed E-state index contributed by atoms with van der Waals surface area (Å²) in [5.41, 5.74) is 0.659. The lowest BCUT2D eigenvalue weighted by Crippen LogP contribution is -2.50. The molecular weight excluding hydrogens is 240 g/mol. The third-order valence-electron chi connectivity index (χ3n) is 3.18. The van der Waals surface area contributed by atoms with Crippen molar-refractivity contribution in [3.05, 3.63) is 30.3 Å². The molecule has 1 fully saturated rings. The standard InChI is InChI=1S/C14H14N4O/c15-9-12-7-4-8-13(10-16)18(12)14(19)17-11-5-2-1-3-6-11/h1-3,5-6,12-13H,4,7-8H2,(H,17,19). The molecule has 0 spiro atoms. The molecule has 19 heavy (non-hydrogen) atoms. The number of anilines is 1. The van der Waals surface area contributed by atoms with Gasteiger partial charge < -0.3 is 5.32 Å². The lowest BCUT2D eigenvalue weighted by Gasteiger charge is -2.35. The van der Waals surface area contributed by atoms with Gasteiger partial charge in [-0.3, -0.25) is 4.90 Å². The van der Waals surface area contributed by atoms with Gasteiger partial charge in [-0.2, -0.15) is 10.5 Å². The first-order valence-electron chi connectivity index (χ1n) is 6.20. The third kappa shape index (κ3) is 2.83. The molecule has 2 unspecified atom stereocenters. The van der Waals surface area contributed by atoms with Gasteiger partial charge in [0.15, 0.2) is 0 Å². The Balaban J connectivity index is 2.15. The Morgan fingerprint density at radius 1 is 1.16 bits per heavy atom. The van der Waals surface area contributed by atoms with E-state index >= 15 is 0 Å². The van der Waals surface area contributed by atoms with Gasteiger partial charge in [-0.1, -0.05) is 18.2 Å². The average molecular weight is 254 g/mol. The molecule has 5 nitrogen and oxygen atoms in total. The number of nitrogens with one attached hydrogen (secondary N) is 1. The zero-order chi connectivity index (χ0) is 13.7. The van der Waals surface area contributed by atoms with Crippen molar-refractivity contribution >= 4 is 11.7 Å². The number of benzene rings is 1. The van der Waals surface area contributed by atoms with Crippen molar-refractivity contribution in [1.82, 2.24) is 4.90 Å². The van der Waals surface area contributed by atoms with Crippen LogP contribution in [0, 0.1) is 22.7 Å². The molecule has 1 heterocycles. The van der Waals surface area contributed by atoms with Crippen LogP contribution >= 0.6 is 0 Å². The molecule has 1 aromatic rings. The number of carbonyl (C=O) groups is 1. The van der Waals surface area contributed by atoms with E-state index in [9.17, 15) is 4.79 Å². The van der Waals surface area contributed by atoms with E-state index in [1.807, 2.05) is 18.2 Å². The number of carbonyl (C=O) groups excluding carboxylic acids is 1. The summed E-state index contributed by atoms with van der Waals surface area (Å²) >= 11 is 0. The molecule has 2 atom stereocenters. The van der Waals surface area contributed by atoms with Gasteiger partial charge in [0.2, 0.25) is 0 Å². The first kappa shape index (κ1) is 12.9. The number of piperidine rings is 1. The van der Waals surface area contributed by atoms with Crippen LogP contribution in [-0.2, 0) is 0 Å². The molecule has 1 aromatic carbocycles. The van der Waals surface area contributed by atoms with Crippen LogP contribution in [0.15, 0.2) is 30.3 Å². The Bertz CT molecular complexity index is 507. The van der Waals surface area contributed by atoms with Crippen molar-refractivity contribution in [2.75, 3.05) is 5.32 Å². The third-order valence-corrected chi connectivity index (χ3v) is 3.18. The average Bonchev–Trinajstić information content (AvgIpc) is 2.47. The second kappa shape index (κ2) is 5.88. The minimum atomic E-state index is -0.526. The lowest BCUT2D eigenvalue weighted by atomic mass is 9.97. The van der Waals surface area contributed by atoms with E-state index in [2.05, 4.69) is 17.5 Å². The van der Waals surface area contributed by atoms with Crippen LogP contribution < -0.4 is 5.32 Å². The van der Waals surface area contributed by atoms with Gasteiger partial charge in [0.1, 0.15) is 12.1 Å². The van der Waals surface area contributed by atoms with Crippen LogP contribution in [0.1, 0.15) is 19.3 Å². The molecule has 5 heteroatoms. The lowest BCUT2D eigenvalue weighted by molar-refractivity contribution is 0.161. The highest BCUT2D eigenvalue weighted by molar-refractivity contribution is 5.90. The molecule has 1 aliphatic rings. The molecule has 2 amide bonds. The molecule has 0 radical (unpaired) electrons. The second-order valence-corrected chi connectivity index (χ2v) is 4.42. The van der Waals surface area contributed by atoms with Gasteiger partial charge in [0, 0.05) is 5.69 Å². The number of nitriles is 2. The normalized spacial score (nSPS) is 22.1. The fraction of sp³-hybridized carbons (Fsp3) is 0.357. The quantitative estimate of drug-likeness (QED) is 0.836. The number of hydrogen-bond acceptors (Lipinski definition) is 3. The van der Waals surface area contributed by atoms with Crippen molar-refractivity contribution in [3.8, 4) is 12.1 Å². The predicted octanol–water partition coefficient (Wildman–Crippen LogP) is 2.49. The van der Waals surface area contributed by atoms with E-state index in [0.29, 0.717) is 18.5 Å². The highest BCUT2D eigenvalue weighted by Crippen LogP contribution is 2.23. The summed E-state index contributed by atoms with van der Waals surface area (Å²) in [6, 6.07) is 11.8. The molecule has 96 valence electrons. The first-order valence-corrected chi connectivity index (χ1v) is 6.20. The van der Waals surface area contributed by atoms with Crippen LogP contribution in [0.5, 0.6) is 0 Å². The van der Waals surface area contributed by atoms with E-state index in [1.165, 1.54) is 4.90 Å². The molecule has 2 rings (SSSR count). The van der Waals surface area contributed by atoms with Crippen LogP contribution in [0.3, 0.4) is 0 Å². The van der Waals surface area contributed by atoms with Crippen molar-refractivity contribution in [2.24, 2.45) is 0 Å². The monoisotopic (exact) mass is 254 g/mol. The van der Waals surface area contributed by atoms with E-state index in [0.717, 1.165) is 6.42 Å². The smallest absolute Gasteiger partial charge is 0.308 e. The Morgan fingerprint density at radius 2 is 1.74 bits per heavy atom. The molecule has 0 aromatic heterocycles. The molecular formula is C14H14N4O. The summed E-state index contributed by atoms with van der Waals surface area (Å²) < 4.78 is 0. The minimum Gasteiger partial charge on any atom is -0.308 e. The van der Waals surface area contributed by atoms with Gasteiger partial charge >= 0.3 is 6.03 Å². The summed E-state index contributed by atoms with van der Waals surface area (Å²) in [4.78, 5) is 13.6. The summed E-state index contributed by atoms with van der Waals surface area (Å²) in [5, 5.41) is 20.9. The minimum absolute atomic E-state index is 0.385. The molecule has 1 N–H and O–H groups in total. The summed E-state index contributed by atoms with van der Waals surface area (Å²) in [6.07, 6.45) is 2.04. The van der Waals surface area contributed by atoms with E-state index < -0.39 is 12.1 Å². The van der Waals surface area contributed by atoms with Crippen LogP contribution in [0.2, 0.25) is 0 Å². The SMILES string of the molecule is N#CC1CCCC(C#N)N1C(=O)Nc1ccccc1. The topological polar surface area (TPSA) is 79.9 Å². The number of rotatable bonds is 1. The number of amides is 2. The largest absolute Gasteiger partial charge is 0.324 e. The molecule has 0 bridgehead atoms. The molecule has 0 saturated carbocycles. The van der Waals surface area contributed by atoms with Crippen molar-refractivity contribution in [2.45, 2.75) is 31.3 Å². The van der Waals surface area contributed by atoms with Crippen molar-refractivity contribution in [3.63, 3.8) is 0 Å². The fourth-order valence-electron chi connectivity index (χ4n) is 2.25. The number of hydrogen-bond donors (Lipinski definition) is 1. The molecule has 0 aliphatic carbocycles. The van der Waals surface area contributed by atoms with Crippen molar-refractivity contribution in [1.29, 1.82) is 10.5 Å². The van der Waals surface area contributed by atoms with E-state index in [-0.39, 0.29) is 6.03 Å². The van der Waals surface area contributed by atoms with Crippen LogP contribution in [0.4, 0.5) is 10.5 Å². The van der Waals surface area contributed by atoms with E-state index in [4.69, 9.17) is 10.5 Å². The molecule has 1 aliphatic heterocycles. The number of nitrogens with zero attached hydrogens (tertiary/aromatic N) is 3. The summed E-state index contributed by atoms with van der Waals surface area (Å²) in [7, 11) is 0. The zero-order valence-corrected chi connectivity index (χ0v) is 10.4. The Hall–Kier alpha value is -2.53. The van der Waals surface area contributed by atoms with Gasteiger partial charge in [-0.15, -0.1) is 0 Å². The molecule has 1 saturated heterocycles. The van der Waals surface area contributed by atoms with Crippen LogP contribution in [-0.4, -0.2) is 23.0 Å². The highest BCUT2D eigenvalue weighted by Gasteiger charge is 2.34. The second-order valence-electron chi connectivity index (χ2n) is 4.42. The Labute approximate surface area is 112 Å². The highest BCUT2D eigenvalue weighted by atomic mass is 16.2. The van der Waals surface area contributed by atoms with Gasteiger partial charge in [-0.25, -0.2) is 4.79 Å². The Morgan fingerprint density at radius 3 is 2.26 bits per heavy atom. The summed E-state index contributed by atoms with van der Waals surface area (Å²) in [5.74, 6) is 0. The maximum atomic E-state index is 12.2. The number of para-hydroxylation sites is 1. The van der Waals surface area contributed by atoms with Crippen LogP contribution in [0.25, 0.3) is 0 Å². The van der Waals surface area contributed by atoms with Gasteiger partial charge in [-0.05, 0) is 31.4 Å².